The number of amides is 2. The van der Waals surface area contributed by atoms with Crippen LogP contribution in [0.1, 0.15) is 36.2 Å². The van der Waals surface area contributed by atoms with Gasteiger partial charge in [-0.25, -0.2) is 4.99 Å². The van der Waals surface area contributed by atoms with Crippen molar-refractivity contribution < 1.29 is 9.59 Å². The number of aliphatic imine (C=N–C) groups is 1. The molecule has 0 aromatic carbocycles. The molecule has 0 radical (unpaired) electrons. The van der Waals surface area contributed by atoms with Crippen LogP contribution in [0.2, 0.25) is 0 Å². The third kappa shape index (κ3) is 2.51. The van der Waals surface area contributed by atoms with Gasteiger partial charge in [-0.1, -0.05) is 11.3 Å². The molecule has 1 aromatic heterocycles. The summed E-state index contributed by atoms with van der Waals surface area (Å²) in [5.41, 5.74) is 3.66. The summed E-state index contributed by atoms with van der Waals surface area (Å²) in [5.74, 6) is -0.358. The van der Waals surface area contributed by atoms with Crippen LogP contribution in [0.25, 0.3) is 0 Å². The molecule has 2 amide bonds. The summed E-state index contributed by atoms with van der Waals surface area (Å²) in [4.78, 5) is 28.5. The Bertz CT molecular complexity index is 856. The maximum atomic E-state index is 12.3. The fourth-order valence-corrected chi connectivity index (χ4v) is 3.44. The van der Waals surface area contributed by atoms with E-state index in [1.54, 1.807) is 13.1 Å². The molecule has 0 saturated heterocycles. The van der Waals surface area contributed by atoms with Crippen molar-refractivity contribution in [3.63, 3.8) is 0 Å². The van der Waals surface area contributed by atoms with Gasteiger partial charge in [-0.3, -0.25) is 14.3 Å². The number of hydrogen-bond acceptors (Lipinski definition) is 4. The van der Waals surface area contributed by atoms with Gasteiger partial charge in [0.2, 0.25) is 0 Å². The largest absolute Gasteiger partial charge is 0.325 e. The first-order chi connectivity index (χ1) is 11.6. The summed E-state index contributed by atoms with van der Waals surface area (Å²) in [5, 5.41) is 10.4. The number of nitrogens with one attached hydrogen (secondary N) is 1. The molecule has 2 heterocycles. The van der Waals surface area contributed by atoms with Gasteiger partial charge < -0.3 is 5.32 Å². The lowest BCUT2D eigenvalue weighted by atomic mass is 9.77. The summed E-state index contributed by atoms with van der Waals surface area (Å²) >= 11 is 0. The minimum atomic E-state index is -0.447. The Kier molecular flexibility index (Phi) is 3.48. The Balaban J connectivity index is 1.63. The van der Waals surface area contributed by atoms with E-state index in [9.17, 15) is 9.59 Å². The Hall–Kier alpha value is -2.83. The summed E-state index contributed by atoms with van der Waals surface area (Å²) in [7, 11) is 1.69. The van der Waals surface area contributed by atoms with Gasteiger partial charge in [-0.05, 0) is 43.4 Å². The Morgan fingerprint density at radius 1 is 1.38 bits per heavy atom. The Morgan fingerprint density at radius 2 is 2.21 bits per heavy atom. The van der Waals surface area contributed by atoms with E-state index in [4.69, 9.17) is 0 Å². The molecule has 24 heavy (non-hydrogen) atoms. The molecule has 7 heteroatoms. The SMILES string of the molecule is Cn1cc(C(=O)N=C2C=CC3C(=C2)NC(=O)C2=C3CCCC2)nn1. The quantitative estimate of drug-likeness (QED) is 0.847. The minimum absolute atomic E-state index is 0.0119. The van der Waals surface area contributed by atoms with Crippen LogP contribution < -0.4 is 5.32 Å². The molecule has 2 aliphatic carbocycles. The Labute approximate surface area is 138 Å². The van der Waals surface area contributed by atoms with Gasteiger partial charge in [-0.15, -0.1) is 5.10 Å². The zero-order valence-corrected chi connectivity index (χ0v) is 13.3. The number of rotatable bonds is 1. The van der Waals surface area contributed by atoms with Crippen molar-refractivity contribution in [1.29, 1.82) is 0 Å². The van der Waals surface area contributed by atoms with E-state index in [-0.39, 0.29) is 17.5 Å². The van der Waals surface area contributed by atoms with Crippen molar-refractivity contribution in [2.75, 3.05) is 0 Å². The number of fused-ring (bicyclic) bond motifs is 2. The highest BCUT2D eigenvalue weighted by Gasteiger charge is 2.33. The standard InChI is InChI=1S/C17H17N5O2/c1-22-9-15(20-21-22)17(24)18-10-6-7-12-11-4-2-3-5-13(11)16(23)19-14(12)8-10/h6-9,12H,2-5H2,1H3,(H,19,23). The molecule has 1 N–H and O–H groups in total. The second-order valence-corrected chi connectivity index (χ2v) is 6.22. The predicted molar refractivity (Wildman–Crippen MR) is 87.1 cm³/mol. The van der Waals surface area contributed by atoms with Crippen LogP contribution in [-0.2, 0) is 11.8 Å². The highest BCUT2D eigenvalue weighted by atomic mass is 16.2. The molecule has 122 valence electrons. The summed E-state index contributed by atoms with van der Waals surface area (Å²) in [6.45, 7) is 0. The molecule has 1 aliphatic heterocycles. The van der Waals surface area contributed by atoms with Crippen LogP contribution in [0.15, 0.2) is 46.3 Å². The van der Waals surface area contributed by atoms with E-state index in [1.165, 1.54) is 16.5 Å². The summed E-state index contributed by atoms with van der Waals surface area (Å²) < 4.78 is 1.46. The lowest BCUT2D eigenvalue weighted by Gasteiger charge is -2.33. The monoisotopic (exact) mass is 323 g/mol. The average molecular weight is 323 g/mol. The molecule has 4 rings (SSSR count). The van der Waals surface area contributed by atoms with E-state index >= 15 is 0 Å². The first kappa shape index (κ1) is 14.7. The van der Waals surface area contributed by atoms with Crippen LogP contribution in [0, 0.1) is 5.92 Å². The molecule has 7 nitrogen and oxygen atoms in total. The first-order valence-electron chi connectivity index (χ1n) is 8.04. The molecule has 0 spiro atoms. The highest BCUT2D eigenvalue weighted by molar-refractivity contribution is 6.13. The van der Waals surface area contributed by atoms with Crippen molar-refractivity contribution in [3.05, 3.63) is 47.0 Å². The second kappa shape index (κ2) is 5.67. The van der Waals surface area contributed by atoms with Crippen molar-refractivity contribution in [1.82, 2.24) is 20.3 Å². The smallest absolute Gasteiger partial charge is 0.299 e. The average Bonchev–Trinajstić information content (AvgIpc) is 3.02. The molecular formula is C17H17N5O2. The van der Waals surface area contributed by atoms with Crippen LogP contribution in [0.3, 0.4) is 0 Å². The summed E-state index contributed by atoms with van der Waals surface area (Å²) in [6.07, 6.45) is 11.1. The van der Waals surface area contributed by atoms with Gasteiger partial charge in [0.15, 0.2) is 5.69 Å². The number of carbonyl (C=O) groups is 2. The van der Waals surface area contributed by atoms with Crippen molar-refractivity contribution in [3.8, 4) is 0 Å². The van der Waals surface area contributed by atoms with Gasteiger partial charge >= 0.3 is 0 Å². The minimum Gasteiger partial charge on any atom is -0.325 e. The highest BCUT2D eigenvalue weighted by Crippen LogP contribution is 2.38. The van der Waals surface area contributed by atoms with E-state index < -0.39 is 5.91 Å². The molecule has 0 saturated carbocycles. The zero-order chi connectivity index (χ0) is 16.7. The molecule has 1 unspecified atom stereocenters. The third-order valence-electron chi connectivity index (χ3n) is 4.57. The maximum absolute atomic E-state index is 12.3. The lowest BCUT2D eigenvalue weighted by molar-refractivity contribution is -0.117. The van der Waals surface area contributed by atoms with Gasteiger partial charge in [0.05, 0.1) is 11.9 Å². The molecule has 0 bridgehead atoms. The van der Waals surface area contributed by atoms with Crippen LogP contribution in [0.5, 0.6) is 0 Å². The molecule has 3 aliphatic rings. The topological polar surface area (TPSA) is 89.2 Å². The van der Waals surface area contributed by atoms with Crippen molar-refractivity contribution in [2.45, 2.75) is 25.7 Å². The van der Waals surface area contributed by atoms with Crippen molar-refractivity contribution >= 4 is 17.5 Å². The number of nitrogens with zero attached hydrogens (tertiary/aromatic N) is 4. The fourth-order valence-electron chi connectivity index (χ4n) is 3.44. The zero-order valence-electron chi connectivity index (χ0n) is 13.3. The molecule has 1 atom stereocenters. The van der Waals surface area contributed by atoms with Gasteiger partial charge in [0.25, 0.3) is 11.8 Å². The molecule has 0 fully saturated rings. The lowest BCUT2D eigenvalue weighted by Crippen LogP contribution is -2.37. The molecule has 1 aromatic rings. The first-order valence-corrected chi connectivity index (χ1v) is 8.04. The van der Waals surface area contributed by atoms with Crippen LogP contribution in [-0.4, -0.2) is 32.5 Å². The number of aromatic nitrogens is 3. The summed E-state index contributed by atoms with van der Waals surface area (Å²) in [6, 6.07) is 0. The number of hydrogen-bond donors (Lipinski definition) is 1. The third-order valence-corrected chi connectivity index (χ3v) is 4.57. The number of carbonyl (C=O) groups excluding carboxylic acids is 2. The van der Waals surface area contributed by atoms with Crippen molar-refractivity contribution in [2.24, 2.45) is 18.0 Å². The van der Waals surface area contributed by atoms with E-state index in [0.717, 1.165) is 37.0 Å². The number of allylic oxidation sites excluding steroid dienone is 3. The normalized spacial score (nSPS) is 24.4. The Morgan fingerprint density at radius 3 is 3.00 bits per heavy atom. The fraction of sp³-hybridized carbons (Fsp3) is 0.353. The van der Waals surface area contributed by atoms with E-state index in [1.807, 2.05) is 12.2 Å². The molecular weight excluding hydrogens is 306 g/mol. The van der Waals surface area contributed by atoms with Gasteiger partial charge in [-0.2, -0.15) is 0 Å². The second-order valence-electron chi connectivity index (χ2n) is 6.22. The van der Waals surface area contributed by atoms with E-state index in [0.29, 0.717) is 5.71 Å². The van der Waals surface area contributed by atoms with E-state index in [2.05, 4.69) is 20.6 Å². The maximum Gasteiger partial charge on any atom is 0.299 e. The predicted octanol–water partition coefficient (Wildman–Crippen LogP) is 1.47. The van der Waals surface area contributed by atoms with Crippen LogP contribution >= 0.6 is 0 Å². The van der Waals surface area contributed by atoms with Crippen LogP contribution in [0.4, 0.5) is 0 Å². The number of aryl methyl sites for hydroxylation is 1. The van der Waals surface area contributed by atoms with Gasteiger partial charge in [0, 0.05) is 24.2 Å². The van der Waals surface area contributed by atoms with Gasteiger partial charge in [0.1, 0.15) is 0 Å².